The number of carbonyl (C=O) groups is 2. The van der Waals surface area contributed by atoms with Crippen LogP contribution in [0.25, 0.3) is 0 Å². The molecule has 34 heavy (non-hydrogen) atoms. The largest absolute Gasteiger partial charge is 0.369 e. The van der Waals surface area contributed by atoms with Gasteiger partial charge in [-0.25, -0.2) is 0 Å². The summed E-state index contributed by atoms with van der Waals surface area (Å²) in [6, 6.07) is 22.3. The Morgan fingerprint density at radius 2 is 1.62 bits per heavy atom. The first-order chi connectivity index (χ1) is 16.5. The zero-order valence-corrected chi connectivity index (χ0v) is 20.6. The quantitative estimate of drug-likeness (QED) is 0.510. The molecule has 2 atom stereocenters. The molecule has 1 aliphatic rings. The summed E-state index contributed by atoms with van der Waals surface area (Å²) < 4.78 is 0. The van der Waals surface area contributed by atoms with Gasteiger partial charge in [-0.15, -0.1) is 11.3 Å². The number of aryl methyl sites for hydroxylation is 1. The third-order valence-electron chi connectivity index (χ3n) is 6.28. The van der Waals surface area contributed by atoms with Gasteiger partial charge in [0.1, 0.15) is 0 Å². The molecule has 7 heteroatoms. The number of nitrogens with zero attached hydrogens (tertiary/aromatic N) is 2. The van der Waals surface area contributed by atoms with Gasteiger partial charge < -0.3 is 15.5 Å². The van der Waals surface area contributed by atoms with E-state index < -0.39 is 11.8 Å². The summed E-state index contributed by atoms with van der Waals surface area (Å²) in [5, 5.41) is 7.75. The summed E-state index contributed by atoms with van der Waals surface area (Å²) in [5.74, 6) is -1.20. The van der Waals surface area contributed by atoms with Gasteiger partial charge in [-0.3, -0.25) is 14.5 Å². The number of benzene rings is 2. The van der Waals surface area contributed by atoms with E-state index in [-0.39, 0.29) is 12.1 Å². The van der Waals surface area contributed by atoms with E-state index in [9.17, 15) is 9.59 Å². The number of anilines is 1. The molecular formula is C27H32N4O2S. The number of rotatable bonds is 7. The average molecular weight is 477 g/mol. The minimum absolute atomic E-state index is 0.0202. The van der Waals surface area contributed by atoms with Crippen molar-refractivity contribution in [2.75, 3.05) is 31.1 Å². The lowest BCUT2D eigenvalue weighted by Crippen LogP contribution is -2.53. The molecule has 1 saturated heterocycles. The molecular weight excluding hydrogens is 444 g/mol. The minimum atomic E-state index is -0.605. The summed E-state index contributed by atoms with van der Waals surface area (Å²) in [6.07, 6.45) is 0. The number of nitrogens with one attached hydrogen (secondary N) is 2. The van der Waals surface area contributed by atoms with Crippen LogP contribution in [0.2, 0.25) is 0 Å². The predicted octanol–water partition coefficient (Wildman–Crippen LogP) is 3.74. The fourth-order valence-corrected chi connectivity index (χ4v) is 5.38. The Kier molecular flexibility index (Phi) is 7.98. The molecule has 0 unspecified atom stereocenters. The Labute approximate surface area is 205 Å². The first-order valence-electron chi connectivity index (χ1n) is 11.7. The van der Waals surface area contributed by atoms with Crippen molar-refractivity contribution >= 4 is 28.8 Å². The third-order valence-corrected chi connectivity index (χ3v) is 7.22. The molecule has 0 aliphatic carbocycles. The number of amides is 2. The highest BCUT2D eigenvalue weighted by Gasteiger charge is 2.31. The highest BCUT2D eigenvalue weighted by Crippen LogP contribution is 2.30. The molecule has 0 saturated carbocycles. The summed E-state index contributed by atoms with van der Waals surface area (Å²) in [6.45, 7) is 7.94. The van der Waals surface area contributed by atoms with Gasteiger partial charge >= 0.3 is 11.8 Å². The molecule has 2 amide bonds. The number of piperazine rings is 1. The Morgan fingerprint density at radius 1 is 0.912 bits per heavy atom. The second-order valence-corrected chi connectivity index (χ2v) is 9.73. The van der Waals surface area contributed by atoms with Crippen LogP contribution < -0.4 is 15.5 Å². The molecule has 2 aromatic carbocycles. The maximum Gasteiger partial charge on any atom is 0.309 e. The lowest BCUT2D eigenvalue weighted by molar-refractivity contribution is -0.140. The average Bonchev–Trinajstić information content (AvgIpc) is 3.39. The number of carbonyl (C=O) groups excluding carboxylic acids is 2. The highest BCUT2D eigenvalue weighted by molar-refractivity contribution is 7.10. The first-order valence-corrected chi connectivity index (χ1v) is 12.6. The second kappa shape index (κ2) is 11.3. The van der Waals surface area contributed by atoms with E-state index >= 15 is 0 Å². The van der Waals surface area contributed by atoms with Crippen molar-refractivity contribution in [3.8, 4) is 0 Å². The van der Waals surface area contributed by atoms with Crippen LogP contribution >= 0.6 is 11.3 Å². The predicted molar refractivity (Wildman–Crippen MR) is 138 cm³/mol. The maximum atomic E-state index is 12.7. The molecule has 2 heterocycles. The summed E-state index contributed by atoms with van der Waals surface area (Å²) in [5.41, 5.74) is 3.36. The van der Waals surface area contributed by atoms with Gasteiger partial charge in [0, 0.05) is 49.3 Å². The normalized spacial score (nSPS) is 16.0. The van der Waals surface area contributed by atoms with Gasteiger partial charge in [-0.1, -0.05) is 54.1 Å². The van der Waals surface area contributed by atoms with E-state index in [0.29, 0.717) is 6.54 Å². The summed E-state index contributed by atoms with van der Waals surface area (Å²) >= 11 is 1.69. The number of para-hydroxylation sites is 1. The summed E-state index contributed by atoms with van der Waals surface area (Å²) in [4.78, 5) is 31.1. The SMILES string of the molecule is Cc1ccc(CNC(=O)C(=O)N[C@H](C)[C@@H](c2cccs2)N2CCN(c3ccccc3)CC2)cc1. The van der Waals surface area contributed by atoms with E-state index in [0.717, 1.165) is 37.3 Å². The van der Waals surface area contributed by atoms with Crippen LogP contribution in [0.15, 0.2) is 72.1 Å². The molecule has 4 rings (SSSR count). The van der Waals surface area contributed by atoms with Crippen LogP contribution in [0, 0.1) is 6.92 Å². The van der Waals surface area contributed by atoms with Gasteiger partial charge in [0.05, 0.1) is 6.04 Å². The topological polar surface area (TPSA) is 64.7 Å². The first kappa shape index (κ1) is 24.0. The fourth-order valence-electron chi connectivity index (χ4n) is 4.42. The fraction of sp³-hybridized carbons (Fsp3) is 0.333. The van der Waals surface area contributed by atoms with Gasteiger partial charge in [0.15, 0.2) is 0 Å². The minimum Gasteiger partial charge on any atom is -0.369 e. The highest BCUT2D eigenvalue weighted by atomic mass is 32.1. The molecule has 178 valence electrons. The molecule has 2 N–H and O–H groups in total. The van der Waals surface area contributed by atoms with Crippen molar-refractivity contribution in [3.63, 3.8) is 0 Å². The van der Waals surface area contributed by atoms with Crippen LogP contribution in [0.1, 0.15) is 29.0 Å². The molecule has 0 radical (unpaired) electrons. The molecule has 1 aliphatic heterocycles. The van der Waals surface area contributed by atoms with Gasteiger partial charge in [-0.05, 0) is 43.0 Å². The Morgan fingerprint density at radius 3 is 2.26 bits per heavy atom. The molecule has 1 fully saturated rings. The number of hydrogen-bond acceptors (Lipinski definition) is 5. The zero-order valence-electron chi connectivity index (χ0n) is 19.7. The van der Waals surface area contributed by atoms with Crippen LogP contribution in [0.4, 0.5) is 5.69 Å². The van der Waals surface area contributed by atoms with E-state index in [2.05, 4.69) is 56.1 Å². The van der Waals surface area contributed by atoms with Crippen molar-refractivity contribution in [2.45, 2.75) is 32.5 Å². The van der Waals surface area contributed by atoms with Crippen LogP contribution in [-0.2, 0) is 16.1 Å². The van der Waals surface area contributed by atoms with Gasteiger partial charge in [0.25, 0.3) is 0 Å². The van der Waals surface area contributed by atoms with Crippen molar-refractivity contribution in [1.82, 2.24) is 15.5 Å². The van der Waals surface area contributed by atoms with E-state index in [1.54, 1.807) is 11.3 Å². The molecule has 3 aromatic rings. The lowest BCUT2D eigenvalue weighted by Gasteiger charge is -2.42. The van der Waals surface area contributed by atoms with Crippen molar-refractivity contribution in [3.05, 3.63) is 88.1 Å². The summed E-state index contributed by atoms with van der Waals surface area (Å²) in [7, 11) is 0. The smallest absolute Gasteiger partial charge is 0.309 e. The van der Waals surface area contributed by atoms with Crippen molar-refractivity contribution < 1.29 is 9.59 Å². The van der Waals surface area contributed by atoms with E-state index in [1.807, 2.05) is 50.2 Å². The van der Waals surface area contributed by atoms with Gasteiger partial charge in [-0.2, -0.15) is 0 Å². The van der Waals surface area contributed by atoms with Crippen molar-refractivity contribution in [2.24, 2.45) is 0 Å². The van der Waals surface area contributed by atoms with Crippen LogP contribution in [-0.4, -0.2) is 48.9 Å². The standard InChI is InChI=1S/C27H32N4O2S/c1-20-10-12-22(13-11-20)19-28-26(32)27(33)29-21(2)25(24-9-6-18-34-24)31-16-14-30(15-17-31)23-7-4-3-5-8-23/h3-13,18,21,25H,14-17,19H2,1-2H3,(H,28,32)(H,29,33)/t21-,25+/m1/s1. The third kappa shape index (κ3) is 6.04. The Balaban J connectivity index is 1.36. The Bertz CT molecular complexity index is 1060. The number of thiophene rings is 1. The van der Waals surface area contributed by atoms with Gasteiger partial charge in [0.2, 0.25) is 0 Å². The lowest BCUT2D eigenvalue weighted by atomic mass is 10.0. The van der Waals surface area contributed by atoms with Crippen molar-refractivity contribution in [1.29, 1.82) is 0 Å². The van der Waals surface area contributed by atoms with E-state index in [1.165, 1.54) is 10.6 Å². The maximum absolute atomic E-state index is 12.7. The monoisotopic (exact) mass is 476 g/mol. The number of hydrogen-bond donors (Lipinski definition) is 2. The Hall–Kier alpha value is -3.16. The molecule has 0 bridgehead atoms. The van der Waals surface area contributed by atoms with Crippen LogP contribution in [0.5, 0.6) is 0 Å². The molecule has 6 nitrogen and oxygen atoms in total. The van der Waals surface area contributed by atoms with E-state index in [4.69, 9.17) is 0 Å². The molecule has 1 aromatic heterocycles. The molecule has 0 spiro atoms. The second-order valence-electron chi connectivity index (χ2n) is 8.75. The van der Waals surface area contributed by atoms with Crippen LogP contribution in [0.3, 0.4) is 0 Å². The zero-order chi connectivity index (χ0) is 23.9.